The molecule has 2 aromatic rings. The van der Waals surface area contributed by atoms with Gasteiger partial charge in [0.2, 0.25) is 0 Å². The molecular formula is C10H15N4O5P. The number of nitrogens with zero attached hydrogens (tertiary/aromatic N) is 3. The Hall–Kier alpha value is -1.51. The van der Waals surface area contributed by atoms with Crippen LogP contribution in [0, 0.1) is 0 Å². The van der Waals surface area contributed by atoms with Crippen molar-refractivity contribution in [3.05, 3.63) is 18.6 Å². The maximum absolute atomic E-state index is 10.8. The van der Waals surface area contributed by atoms with E-state index >= 15 is 0 Å². The highest BCUT2D eigenvalue weighted by molar-refractivity contribution is 7.51. The number of aliphatic hydroxyl groups excluding tert-OH is 1. The molecule has 20 heavy (non-hydrogen) atoms. The van der Waals surface area contributed by atoms with Gasteiger partial charge in [0.15, 0.2) is 5.82 Å². The molecule has 5 N–H and O–H groups in total. The van der Waals surface area contributed by atoms with Gasteiger partial charge in [0.1, 0.15) is 11.9 Å². The molecule has 0 radical (unpaired) electrons. The van der Waals surface area contributed by atoms with Gasteiger partial charge in [-0.1, -0.05) is 0 Å². The molecule has 0 amide bonds. The number of anilines is 1. The number of hydrogen-bond donors (Lipinski definition) is 4. The average Bonchev–Trinajstić information content (AvgIpc) is 2.78. The lowest BCUT2D eigenvalue weighted by atomic mass is 10.3. The Bertz CT molecular complexity index is 640. The predicted octanol–water partition coefficient (Wildman–Crippen LogP) is -0.474. The Morgan fingerprint density at radius 3 is 2.85 bits per heavy atom. The second-order valence-corrected chi connectivity index (χ2v) is 5.81. The molecule has 0 aromatic carbocycles. The summed E-state index contributed by atoms with van der Waals surface area (Å²) >= 11 is 0. The molecule has 0 bridgehead atoms. The van der Waals surface area contributed by atoms with Gasteiger partial charge in [-0.2, -0.15) is 0 Å². The van der Waals surface area contributed by atoms with E-state index in [2.05, 4.69) is 9.97 Å². The van der Waals surface area contributed by atoms with E-state index in [0.29, 0.717) is 11.0 Å². The fourth-order valence-electron chi connectivity index (χ4n) is 1.74. The quantitative estimate of drug-likeness (QED) is 0.524. The lowest BCUT2D eigenvalue weighted by molar-refractivity contribution is 0.0203. The highest BCUT2D eigenvalue weighted by Crippen LogP contribution is 2.34. The largest absolute Gasteiger partial charge is 0.394 e. The molecule has 1 atom stereocenters. The minimum atomic E-state index is -4.27. The van der Waals surface area contributed by atoms with Crippen molar-refractivity contribution in [2.45, 2.75) is 12.6 Å². The molecule has 110 valence electrons. The zero-order valence-electron chi connectivity index (χ0n) is 10.5. The summed E-state index contributed by atoms with van der Waals surface area (Å²) in [6, 6.07) is 1.70. The standard InChI is InChI=1S/C10H15N4O5P/c11-10-9-8(1-2-12-10)14(5-13-9)3-7(4-15)19-6-20(16,17)18/h1-2,5,7,15H,3-4,6H2,(H2,11,12)(H2,16,17,18)/t7-/m1/s1. The minimum absolute atomic E-state index is 0.191. The van der Waals surface area contributed by atoms with Crippen molar-refractivity contribution in [3.8, 4) is 0 Å². The number of nitrogen functional groups attached to an aromatic ring is 1. The Morgan fingerprint density at radius 1 is 1.45 bits per heavy atom. The monoisotopic (exact) mass is 302 g/mol. The summed E-state index contributed by atoms with van der Waals surface area (Å²) in [7, 11) is -4.27. The summed E-state index contributed by atoms with van der Waals surface area (Å²) in [6.07, 6.45) is 1.54. The lowest BCUT2D eigenvalue weighted by Gasteiger charge is -2.16. The summed E-state index contributed by atoms with van der Waals surface area (Å²) in [5, 5.41) is 9.20. The van der Waals surface area contributed by atoms with Gasteiger partial charge in [-0.3, -0.25) is 4.57 Å². The van der Waals surface area contributed by atoms with Gasteiger partial charge >= 0.3 is 7.60 Å². The first-order valence-electron chi connectivity index (χ1n) is 5.73. The molecule has 2 heterocycles. The average molecular weight is 302 g/mol. The van der Waals surface area contributed by atoms with Crippen LogP contribution in [0.15, 0.2) is 18.6 Å². The molecule has 2 rings (SSSR count). The number of rotatable bonds is 6. The molecule has 0 aliphatic heterocycles. The van der Waals surface area contributed by atoms with E-state index in [1.165, 1.54) is 12.5 Å². The summed E-state index contributed by atoms with van der Waals surface area (Å²) in [4.78, 5) is 25.5. The number of hydrogen-bond acceptors (Lipinski definition) is 6. The van der Waals surface area contributed by atoms with Gasteiger partial charge in [0.05, 0.1) is 31.1 Å². The SMILES string of the molecule is Nc1nccc2c1ncn2C[C@H](CO)OCP(=O)(O)O. The molecular weight excluding hydrogens is 287 g/mol. The van der Waals surface area contributed by atoms with E-state index < -0.39 is 20.0 Å². The van der Waals surface area contributed by atoms with Crippen LogP contribution in [0.2, 0.25) is 0 Å². The number of ether oxygens (including phenoxy) is 1. The second-order valence-electron chi connectivity index (χ2n) is 4.23. The topological polar surface area (TPSA) is 144 Å². The van der Waals surface area contributed by atoms with Gasteiger partial charge in [-0.25, -0.2) is 9.97 Å². The molecule has 10 heteroatoms. The Balaban J connectivity index is 2.14. The van der Waals surface area contributed by atoms with Crippen LogP contribution >= 0.6 is 7.60 Å². The van der Waals surface area contributed by atoms with Crippen molar-refractivity contribution < 1.29 is 24.2 Å². The zero-order valence-corrected chi connectivity index (χ0v) is 11.3. The van der Waals surface area contributed by atoms with E-state index in [9.17, 15) is 9.67 Å². The van der Waals surface area contributed by atoms with E-state index in [1.807, 2.05) is 0 Å². The fraction of sp³-hybridized carbons (Fsp3) is 0.400. The molecule has 0 spiro atoms. The number of pyridine rings is 1. The van der Waals surface area contributed by atoms with Crippen molar-refractivity contribution in [3.63, 3.8) is 0 Å². The van der Waals surface area contributed by atoms with Gasteiger partial charge in [-0.05, 0) is 6.07 Å². The Kier molecular flexibility index (Phi) is 4.36. The number of fused-ring (bicyclic) bond motifs is 1. The summed E-state index contributed by atoms with van der Waals surface area (Å²) in [6.45, 7) is -0.184. The van der Waals surface area contributed by atoms with E-state index in [4.69, 9.17) is 20.3 Å². The number of imidazole rings is 1. The molecule has 0 aliphatic rings. The van der Waals surface area contributed by atoms with E-state index in [-0.39, 0.29) is 19.0 Å². The first kappa shape index (κ1) is 14.9. The summed E-state index contributed by atoms with van der Waals surface area (Å²) < 4.78 is 17.4. The van der Waals surface area contributed by atoms with Crippen LogP contribution in [0.3, 0.4) is 0 Å². The van der Waals surface area contributed by atoms with E-state index in [1.54, 1.807) is 10.6 Å². The van der Waals surface area contributed by atoms with Crippen molar-refractivity contribution in [1.29, 1.82) is 0 Å². The summed E-state index contributed by atoms with van der Waals surface area (Å²) in [5.74, 6) is 0.290. The predicted molar refractivity (Wildman–Crippen MR) is 70.8 cm³/mol. The van der Waals surface area contributed by atoms with Gasteiger partial charge in [0, 0.05) is 6.20 Å². The van der Waals surface area contributed by atoms with Crippen molar-refractivity contribution in [1.82, 2.24) is 14.5 Å². The molecule has 0 saturated heterocycles. The number of nitrogens with two attached hydrogens (primary N) is 1. The van der Waals surface area contributed by atoms with Crippen molar-refractivity contribution in [2.24, 2.45) is 0 Å². The number of aromatic nitrogens is 3. The first-order valence-corrected chi connectivity index (χ1v) is 7.53. The normalized spacial score (nSPS) is 13.8. The Labute approximate surface area is 114 Å². The van der Waals surface area contributed by atoms with Crippen LogP contribution in [0.4, 0.5) is 5.82 Å². The third kappa shape index (κ3) is 3.53. The second kappa shape index (κ2) is 5.86. The van der Waals surface area contributed by atoms with Crippen LogP contribution < -0.4 is 5.73 Å². The summed E-state index contributed by atoms with van der Waals surface area (Å²) in [5.41, 5.74) is 6.91. The van der Waals surface area contributed by atoms with Gasteiger partial charge < -0.3 is 29.9 Å². The maximum atomic E-state index is 10.8. The third-order valence-corrected chi connectivity index (χ3v) is 3.13. The van der Waals surface area contributed by atoms with Crippen LogP contribution in [0.1, 0.15) is 0 Å². The van der Waals surface area contributed by atoms with Crippen LogP contribution in [-0.2, 0) is 15.8 Å². The minimum Gasteiger partial charge on any atom is -0.394 e. The maximum Gasteiger partial charge on any atom is 0.350 e. The Morgan fingerprint density at radius 2 is 2.20 bits per heavy atom. The highest BCUT2D eigenvalue weighted by atomic mass is 31.2. The molecule has 0 fully saturated rings. The molecule has 0 aliphatic carbocycles. The molecule has 2 aromatic heterocycles. The molecule has 9 nitrogen and oxygen atoms in total. The van der Waals surface area contributed by atoms with Crippen LogP contribution in [0.5, 0.6) is 0 Å². The van der Waals surface area contributed by atoms with Crippen LogP contribution in [0.25, 0.3) is 11.0 Å². The smallest absolute Gasteiger partial charge is 0.350 e. The van der Waals surface area contributed by atoms with E-state index in [0.717, 1.165) is 0 Å². The van der Waals surface area contributed by atoms with Crippen molar-refractivity contribution >= 4 is 24.4 Å². The fourth-order valence-corrected chi connectivity index (χ4v) is 2.15. The lowest BCUT2D eigenvalue weighted by Crippen LogP contribution is -2.24. The van der Waals surface area contributed by atoms with Gasteiger partial charge in [0.25, 0.3) is 0 Å². The highest BCUT2D eigenvalue weighted by Gasteiger charge is 2.18. The molecule has 0 unspecified atom stereocenters. The third-order valence-electron chi connectivity index (χ3n) is 2.65. The van der Waals surface area contributed by atoms with Gasteiger partial charge in [-0.15, -0.1) is 0 Å². The zero-order chi connectivity index (χ0) is 14.8. The number of aliphatic hydroxyl groups is 1. The van der Waals surface area contributed by atoms with Crippen molar-refractivity contribution in [2.75, 3.05) is 18.7 Å². The molecule has 0 saturated carbocycles. The first-order chi connectivity index (χ1) is 9.40. The van der Waals surface area contributed by atoms with Crippen LogP contribution in [-0.4, -0.2) is 48.5 Å².